The first-order chi connectivity index (χ1) is 11.4. The number of nitrogens with zero attached hydrogens (tertiary/aromatic N) is 3. The van der Waals surface area contributed by atoms with E-state index in [4.69, 9.17) is 0 Å². The molecule has 2 rings (SSSR count). The Bertz CT molecular complexity index is 743. The summed E-state index contributed by atoms with van der Waals surface area (Å²) in [5, 5.41) is 10.5. The van der Waals surface area contributed by atoms with Crippen LogP contribution in [0.4, 0.5) is 8.78 Å². The minimum Gasteiger partial charge on any atom is -0.356 e. The van der Waals surface area contributed by atoms with Crippen LogP contribution in [0.1, 0.15) is 22.5 Å². The summed E-state index contributed by atoms with van der Waals surface area (Å²) in [7, 11) is 3.56. The van der Waals surface area contributed by atoms with Crippen molar-refractivity contribution in [3.8, 4) is 0 Å². The molecule has 0 saturated heterocycles. The molecule has 1 aromatic carbocycles. The topological polar surface area (TPSA) is 54.2 Å². The van der Waals surface area contributed by atoms with E-state index in [1.54, 1.807) is 7.05 Å². The summed E-state index contributed by atoms with van der Waals surface area (Å²) in [5.41, 5.74) is 3.62. The van der Waals surface area contributed by atoms with E-state index >= 15 is 0 Å². The van der Waals surface area contributed by atoms with Crippen LogP contribution in [0.2, 0.25) is 0 Å². The van der Waals surface area contributed by atoms with Crippen LogP contribution >= 0.6 is 24.0 Å². The number of aromatic nitrogens is 2. The number of nitrogens with one attached hydrogen (secondary N) is 2. The second-order valence-corrected chi connectivity index (χ2v) is 5.61. The SMILES string of the molecule is CN=C(NCCc1c(C)nn(C)c1C)NCc1cc(F)ccc1F.I. The van der Waals surface area contributed by atoms with Crippen LogP contribution in [0.3, 0.4) is 0 Å². The third-order valence-electron chi connectivity index (χ3n) is 4.00. The number of benzene rings is 1. The molecule has 5 nitrogen and oxygen atoms in total. The number of aryl methyl sites for hydroxylation is 2. The molecule has 25 heavy (non-hydrogen) atoms. The second kappa shape index (κ2) is 9.69. The van der Waals surface area contributed by atoms with Crippen LogP contribution in [0.25, 0.3) is 0 Å². The van der Waals surface area contributed by atoms with Gasteiger partial charge in [-0.05, 0) is 44.0 Å². The van der Waals surface area contributed by atoms with Crippen molar-refractivity contribution in [2.45, 2.75) is 26.8 Å². The zero-order valence-electron chi connectivity index (χ0n) is 14.9. The van der Waals surface area contributed by atoms with Gasteiger partial charge in [0.25, 0.3) is 0 Å². The van der Waals surface area contributed by atoms with E-state index in [2.05, 4.69) is 20.7 Å². The van der Waals surface area contributed by atoms with Crippen molar-refractivity contribution in [3.63, 3.8) is 0 Å². The predicted octanol–water partition coefficient (Wildman–Crippen LogP) is 2.84. The standard InChI is InChI=1S/C17H23F2N5.HI/c1-11-15(12(2)24(4)23-11)7-8-21-17(20-3)22-10-13-9-14(18)5-6-16(13)19;/h5-6,9H,7-8,10H2,1-4H3,(H2,20,21,22);1H. The fourth-order valence-corrected chi connectivity index (χ4v) is 2.56. The van der Waals surface area contributed by atoms with Gasteiger partial charge in [0, 0.05) is 38.4 Å². The molecule has 1 heterocycles. The quantitative estimate of drug-likeness (QED) is 0.408. The lowest BCUT2D eigenvalue weighted by Gasteiger charge is -2.12. The van der Waals surface area contributed by atoms with E-state index in [0.717, 1.165) is 29.9 Å². The fourth-order valence-electron chi connectivity index (χ4n) is 2.56. The molecule has 0 aliphatic rings. The Morgan fingerprint density at radius 3 is 2.56 bits per heavy atom. The number of halogens is 3. The van der Waals surface area contributed by atoms with Crippen molar-refractivity contribution >= 4 is 29.9 Å². The third kappa shape index (κ3) is 5.65. The monoisotopic (exact) mass is 463 g/mol. The molecule has 0 radical (unpaired) electrons. The molecule has 0 fully saturated rings. The summed E-state index contributed by atoms with van der Waals surface area (Å²) in [5.74, 6) is -0.363. The minimum atomic E-state index is -0.460. The van der Waals surface area contributed by atoms with Crippen molar-refractivity contribution in [3.05, 3.63) is 52.3 Å². The molecular weight excluding hydrogens is 439 g/mol. The summed E-state index contributed by atoms with van der Waals surface area (Å²) in [6.07, 6.45) is 0.806. The summed E-state index contributed by atoms with van der Waals surface area (Å²) < 4.78 is 28.7. The highest BCUT2D eigenvalue weighted by Crippen LogP contribution is 2.12. The van der Waals surface area contributed by atoms with Crippen molar-refractivity contribution in [1.82, 2.24) is 20.4 Å². The highest BCUT2D eigenvalue weighted by Gasteiger charge is 2.09. The minimum absolute atomic E-state index is 0. The second-order valence-electron chi connectivity index (χ2n) is 5.61. The fraction of sp³-hybridized carbons (Fsp3) is 0.412. The lowest BCUT2D eigenvalue weighted by molar-refractivity contribution is 0.581. The highest BCUT2D eigenvalue weighted by atomic mass is 127. The highest BCUT2D eigenvalue weighted by molar-refractivity contribution is 14.0. The molecule has 0 aliphatic heterocycles. The average molecular weight is 463 g/mol. The maximum absolute atomic E-state index is 13.6. The first-order valence-electron chi connectivity index (χ1n) is 7.80. The predicted molar refractivity (Wildman–Crippen MR) is 106 cm³/mol. The van der Waals surface area contributed by atoms with Gasteiger partial charge in [-0.15, -0.1) is 24.0 Å². The number of hydrogen-bond donors (Lipinski definition) is 2. The Morgan fingerprint density at radius 2 is 1.96 bits per heavy atom. The van der Waals surface area contributed by atoms with Crippen LogP contribution in [0.15, 0.2) is 23.2 Å². The number of guanidine groups is 1. The van der Waals surface area contributed by atoms with E-state index in [-0.39, 0.29) is 36.1 Å². The van der Waals surface area contributed by atoms with Gasteiger partial charge in [-0.1, -0.05) is 0 Å². The molecule has 138 valence electrons. The lowest BCUT2D eigenvalue weighted by Crippen LogP contribution is -2.38. The van der Waals surface area contributed by atoms with Gasteiger partial charge in [0.05, 0.1) is 5.69 Å². The van der Waals surface area contributed by atoms with E-state index in [1.807, 2.05) is 25.6 Å². The number of hydrogen-bond acceptors (Lipinski definition) is 2. The normalized spacial score (nSPS) is 11.2. The summed E-state index contributed by atoms with van der Waals surface area (Å²) in [6, 6.07) is 3.40. The lowest BCUT2D eigenvalue weighted by atomic mass is 10.1. The van der Waals surface area contributed by atoms with Crippen molar-refractivity contribution < 1.29 is 8.78 Å². The van der Waals surface area contributed by atoms with E-state index in [0.29, 0.717) is 12.5 Å². The molecule has 0 spiro atoms. The Labute approximate surface area is 163 Å². The summed E-state index contributed by atoms with van der Waals surface area (Å²) >= 11 is 0. The van der Waals surface area contributed by atoms with Crippen LogP contribution in [0, 0.1) is 25.5 Å². The molecule has 2 aromatic rings. The van der Waals surface area contributed by atoms with Gasteiger partial charge in [0.2, 0.25) is 0 Å². The van der Waals surface area contributed by atoms with Crippen molar-refractivity contribution in [2.75, 3.05) is 13.6 Å². The largest absolute Gasteiger partial charge is 0.356 e. The first-order valence-corrected chi connectivity index (χ1v) is 7.80. The zero-order valence-corrected chi connectivity index (χ0v) is 17.2. The molecule has 0 aliphatic carbocycles. The van der Waals surface area contributed by atoms with Crippen molar-refractivity contribution in [2.24, 2.45) is 12.0 Å². The molecule has 8 heteroatoms. The van der Waals surface area contributed by atoms with Gasteiger partial charge in [-0.3, -0.25) is 9.67 Å². The third-order valence-corrected chi connectivity index (χ3v) is 4.00. The van der Waals surface area contributed by atoms with E-state index < -0.39 is 11.6 Å². The Hall–Kier alpha value is -1.71. The van der Waals surface area contributed by atoms with Crippen LogP contribution in [-0.4, -0.2) is 29.3 Å². The zero-order chi connectivity index (χ0) is 17.7. The van der Waals surface area contributed by atoms with Gasteiger partial charge in [0.1, 0.15) is 11.6 Å². The van der Waals surface area contributed by atoms with Crippen LogP contribution < -0.4 is 10.6 Å². The first kappa shape index (κ1) is 21.3. The maximum Gasteiger partial charge on any atom is 0.191 e. The smallest absolute Gasteiger partial charge is 0.191 e. The molecule has 0 amide bonds. The Kier molecular flexibility index (Phi) is 8.27. The summed E-state index contributed by atoms with van der Waals surface area (Å²) in [4.78, 5) is 4.09. The Balaban J connectivity index is 0.00000312. The molecule has 0 atom stereocenters. The van der Waals surface area contributed by atoms with Crippen LogP contribution in [0.5, 0.6) is 0 Å². The van der Waals surface area contributed by atoms with Crippen molar-refractivity contribution in [1.29, 1.82) is 0 Å². The molecule has 0 unspecified atom stereocenters. The number of aliphatic imine (C=N–C) groups is 1. The van der Waals surface area contributed by atoms with Gasteiger partial charge < -0.3 is 10.6 Å². The van der Waals surface area contributed by atoms with Gasteiger partial charge >= 0.3 is 0 Å². The van der Waals surface area contributed by atoms with E-state index in [1.165, 1.54) is 11.6 Å². The van der Waals surface area contributed by atoms with Crippen LogP contribution in [-0.2, 0) is 20.0 Å². The molecule has 0 bridgehead atoms. The molecule has 2 N–H and O–H groups in total. The average Bonchev–Trinajstić information content (AvgIpc) is 2.79. The molecule has 1 aromatic heterocycles. The van der Waals surface area contributed by atoms with Gasteiger partial charge in [0.15, 0.2) is 5.96 Å². The van der Waals surface area contributed by atoms with Gasteiger partial charge in [-0.2, -0.15) is 5.10 Å². The Morgan fingerprint density at radius 1 is 1.24 bits per heavy atom. The van der Waals surface area contributed by atoms with Gasteiger partial charge in [-0.25, -0.2) is 8.78 Å². The number of rotatable bonds is 5. The van der Waals surface area contributed by atoms with E-state index in [9.17, 15) is 8.78 Å². The molecule has 0 saturated carbocycles. The molecular formula is C17H24F2IN5. The maximum atomic E-state index is 13.6. The summed E-state index contributed by atoms with van der Waals surface area (Å²) in [6.45, 7) is 4.85.